The van der Waals surface area contributed by atoms with E-state index in [-0.39, 0.29) is 10.8 Å². The molecule has 1 aromatic heterocycles. The Balaban J connectivity index is 1.27. The molecule has 0 aliphatic carbocycles. The lowest BCUT2D eigenvalue weighted by molar-refractivity contribution is -0.134. The molecule has 2 saturated heterocycles. The number of aromatic nitrogens is 1. The fraction of sp³-hybridized carbons (Fsp3) is 0.391. The number of benzene rings is 2. The number of hydrogen-bond donors (Lipinski definition) is 0. The quantitative estimate of drug-likeness (QED) is 0.586. The molecule has 2 aliphatic heterocycles. The van der Waals surface area contributed by atoms with Gasteiger partial charge in [-0.3, -0.25) is 4.79 Å². The number of carbonyl (C=O) groups excluding carboxylic acids is 1. The minimum Gasteiger partial charge on any atom is -0.345 e. The van der Waals surface area contributed by atoms with Crippen LogP contribution in [0.15, 0.2) is 53.4 Å². The lowest BCUT2D eigenvalue weighted by atomic mass is 10.2. The number of fused-ring (bicyclic) bond motifs is 1. The number of aryl methyl sites for hydroxylation is 1. The van der Waals surface area contributed by atoms with E-state index in [1.807, 2.05) is 30.0 Å². The average molecular weight is 471 g/mol. The van der Waals surface area contributed by atoms with Gasteiger partial charge in [0, 0.05) is 32.7 Å². The van der Waals surface area contributed by atoms with Crippen molar-refractivity contribution in [2.45, 2.75) is 30.7 Å². The Kier molecular flexibility index (Phi) is 5.65. The molecule has 0 radical (unpaired) electrons. The molecule has 9 heteroatoms. The monoisotopic (exact) mass is 470 g/mol. The van der Waals surface area contributed by atoms with E-state index < -0.39 is 16.1 Å². The van der Waals surface area contributed by atoms with E-state index in [0.717, 1.165) is 20.9 Å². The van der Waals surface area contributed by atoms with Crippen molar-refractivity contribution < 1.29 is 13.2 Å². The molecule has 2 aliphatic rings. The van der Waals surface area contributed by atoms with Gasteiger partial charge in [0.15, 0.2) is 5.13 Å². The maximum absolute atomic E-state index is 13.3. The van der Waals surface area contributed by atoms with E-state index in [2.05, 4.69) is 11.0 Å². The predicted molar refractivity (Wildman–Crippen MR) is 127 cm³/mol. The molecule has 1 amide bonds. The molecule has 1 unspecified atom stereocenters. The first-order valence-corrected chi connectivity index (χ1v) is 13.2. The lowest BCUT2D eigenvalue weighted by Crippen LogP contribution is -2.54. The van der Waals surface area contributed by atoms with E-state index >= 15 is 0 Å². The van der Waals surface area contributed by atoms with Crippen LogP contribution in [0, 0.1) is 6.92 Å². The number of rotatable bonds is 4. The van der Waals surface area contributed by atoms with Crippen LogP contribution < -0.4 is 4.90 Å². The number of carbonyl (C=O) groups is 1. The Labute approximate surface area is 192 Å². The van der Waals surface area contributed by atoms with Crippen molar-refractivity contribution in [2.75, 3.05) is 37.6 Å². The zero-order chi connectivity index (χ0) is 22.3. The maximum atomic E-state index is 13.3. The van der Waals surface area contributed by atoms with Crippen molar-refractivity contribution in [3.05, 3.63) is 54.1 Å². The molecule has 32 heavy (non-hydrogen) atoms. The topological polar surface area (TPSA) is 73.8 Å². The zero-order valence-electron chi connectivity index (χ0n) is 18.0. The molecule has 0 bridgehead atoms. The van der Waals surface area contributed by atoms with Crippen molar-refractivity contribution in [2.24, 2.45) is 0 Å². The number of anilines is 1. The molecule has 0 N–H and O–H groups in total. The summed E-state index contributed by atoms with van der Waals surface area (Å²) in [6.45, 7) is 4.85. The standard InChI is InChI=1S/C23H26N4O3S2/c1-17-8-10-18(11-9-17)32(29,30)27-12-4-6-20(27)22(28)25-13-15-26(16-14-25)23-24-19-5-2-3-7-21(19)31-23/h2-3,5,7-11,20H,4,6,12-16H2,1H3. The molecule has 0 spiro atoms. The van der Waals surface area contributed by atoms with Crippen LogP contribution in [0.1, 0.15) is 18.4 Å². The molecular formula is C23H26N4O3S2. The highest BCUT2D eigenvalue weighted by Crippen LogP contribution is 2.31. The van der Waals surface area contributed by atoms with Crippen molar-refractivity contribution in [3.63, 3.8) is 0 Å². The normalized spacial score (nSPS) is 20.2. The second-order valence-electron chi connectivity index (χ2n) is 8.36. The number of para-hydroxylation sites is 1. The van der Waals surface area contributed by atoms with Crippen LogP contribution in [-0.2, 0) is 14.8 Å². The number of amides is 1. The zero-order valence-corrected chi connectivity index (χ0v) is 19.6. The summed E-state index contributed by atoms with van der Waals surface area (Å²) in [6.07, 6.45) is 1.27. The Morgan fingerprint density at radius 2 is 1.72 bits per heavy atom. The van der Waals surface area contributed by atoms with Gasteiger partial charge in [0.2, 0.25) is 15.9 Å². The smallest absolute Gasteiger partial charge is 0.243 e. The first-order chi connectivity index (χ1) is 15.4. The third-order valence-corrected chi connectivity index (χ3v) is 9.28. The summed E-state index contributed by atoms with van der Waals surface area (Å²) in [6, 6.07) is 14.3. The van der Waals surface area contributed by atoms with Crippen LogP contribution in [0.25, 0.3) is 10.2 Å². The Morgan fingerprint density at radius 3 is 2.44 bits per heavy atom. The number of nitrogens with zero attached hydrogens (tertiary/aromatic N) is 4. The second kappa shape index (κ2) is 8.46. The van der Waals surface area contributed by atoms with Crippen LogP contribution in [-0.4, -0.2) is 67.3 Å². The van der Waals surface area contributed by atoms with E-state index in [9.17, 15) is 13.2 Å². The summed E-state index contributed by atoms with van der Waals surface area (Å²) in [7, 11) is -3.69. The van der Waals surface area contributed by atoms with E-state index in [1.165, 1.54) is 4.31 Å². The van der Waals surface area contributed by atoms with Crippen LogP contribution in [0.3, 0.4) is 0 Å². The van der Waals surface area contributed by atoms with E-state index in [0.29, 0.717) is 45.6 Å². The Morgan fingerprint density at radius 1 is 1.00 bits per heavy atom. The van der Waals surface area contributed by atoms with Crippen LogP contribution in [0.4, 0.5) is 5.13 Å². The highest BCUT2D eigenvalue weighted by molar-refractivity contribution is 7.89. The largest absolute Gasteiger partial charge is 0.345 e. The molecule has 3 aromatic rings. The predicted octanol–water partition coefficient (Wildman–Crippen LogP) is 3.11. The minimum atomic E-state index is -3.69. The summed E-state index contributed by atoms with van der Waals surface area (Å²) in [4.78, 5) is 22.3. The first kappa shape index (κ1) is 21.4. The average Bonchev–Trinajstić information content (AvgIpc) is 3.47. The SMILES string of the molecule is Cc1ccc(S(=O)(=O)N2CCCC2C(=O)N2CCN(c3nc4ccccc4s3)CC2)cc1. The Hall–Kier alpha value is -2.49. The summed E-state index contributed by atoms with van der Waals surface area (Å²) >= 11 is 1.66. The molecule has 7 nitrogen and oxygen atoms in total. The minimum absolute atomic E-state index is 0.0814. The first-order valence-electron chi connectivity index (χ1n) is 10.9. The molecule has 168 valence electrons. The van der Waals surface area contributed by atoms with Gasteiger partial charge in [-0.1, -0.05) is 41.2 Å². The van der Waals surface area contributed by atoms with Crippen molar-refractivity contribution in [3.8, 4) is 0 Å². The Bertz CT molecular complexity index is 1200. The van der Waals surface area contributed by atoms with Gasteiger partial charge in [0.05, 0.1) is 15.1 Å². The van der Waals surface area contributed by atoms with Crippen molar-refractivity contribution in [1.29, 1.82) is 0 Å². The third-order valence-electron chi connectivity index (χ3n) is 6.26. The van der Waals surface area contributed by atoms with Gasteiger partial charge in [0.25, 0.3) is 0 Å². The number of thiazole rings is 1. The fourth-order valence-electron chi connectivity index (χ4n) is 4.44. The number of piperazine rings is 1. The lowest BCUT2D eigenvalue weighted by Gasteiger charge is -2.37. The molecule has 0 saturated carbocycles. The molecular weight excluding hydrogens is 444 g/mol. The van der Waals surface area contributed by atoms with Gasteiger partial charge in [0.1, 0.15) is 6.04 Å². The van der Waals surface area contributed by atoms with E-state index in [1.54, 1.807) is 35.6 Å². The summed E-state index contributed by atoms with van der Waals surface area (Å²) < 4.78 is 29.0. The number of sulfonamides is 1. The van der Waals surface area contributed by atoms with Gasteiger partial charge in [-0.15, -0.1) is 0 Å². The molecule has 5 rings (SSSR count). The van der Waals surface area contributed by atoms with Crippen LogP contribution in [0.2, 0.25) is 0 Å². The highest BCUT2D eigenvalue weighted by atomic mass is 32.2. The van der Waals surface area contributed by atoms with Gasteiger partial charge < -0.3 is 9.80 Å². The van der Waals surface area contributed by atoms with E-state index in [4.69, 9.17) is 4.98 Å². The van der Waals surface area contributed by atoms with Gasteiger partial charge in [-0.25, -0.2) is 13.4 Å². The van der Waals surface area contributed by atoms with Crippen LogP contribution >= 0.6 is 11.3 Å². The van der Waals surface area contributed by atoms with Gasteiger partial charge in [-0.2, -0.15) is 4.31 Å². The fourth-order valence-corrected chi connectivity index (χ4v) is 7.11. The van der Waals surface area contributed by atoms with Crippen molar-refractivity contribution >= 4 is 42.6 Å². The maximum Gasteiger partial charge on any atom is 0.243 e. The highest BCUT2D eigenvalue weighted by Gasteiger charge is 2.41. The molecule has 3 heterocycles. The second-order valence-corrected chi connectivity index (χ2v) is 11.3. The summed E-state index contributed by atoms with van der Waals surface area (Å²) in [5.74, 6) is -0.0814. The van der Waals surface area contributed by atoms with Crippen molar-refractivity contribution in [1.82, 2.24) is 14.2 Å². The van der Waals surface area contributed by atoms with Gasteiger partial charge >= 0.3 is 0 Å². The summed E-state index contributed by atoms with van der Waals surface area (Å²) in [5, 5.41) is 0.975. The van der Waals surface area contributed by atoms with Crippen LogP contribution in [0.5, 0.6) is 0 Å². The molecule has 1 atom stereocenters. The summed E-state index contributed by atoms with van der Waals surface area (Å²) in [5.41, 5.74) is 2.00. The molecule has 2 fully saturated rings. The number of hydrogen-bond acceptors (Lipinski definition) is 6. The third kappa shape index (κ3) is 3.89. The van der Waals surface area contributed by atoms with Gasteiger partial charge in [-0.05, 0) is 44.0 Å². The molecule has 2 aromatic carbocycles.